The van der Waals surface area contributed by atoms with Crippen molar-refractivity contribution < 1.29 is 13.2 Å². The average molecular weight is 250 g/mol. The molecule has 0 heterocycles. The number of nitrogens with one attached hydrogen (secondary N) is 1. The minimum Gasteiger partial charge on any atom is -0.274 e. The van der Waals surface area contributed by atoms with Gasteiger partial charge in [0.15, 0.2) is 0 Å². The normalized spacial score (nSPS) is 14.9. The van der Waals surface area contributed by atoms with Gasteiger partial charge in [-0.15, -0.1) is 0 Å². The molecule has 0 aromatic heterocycles. The van der Waals surface area contributed by atoms with Crippen molar-refractivity contribution in [2.45, 2.75) is 34.1 Å². The monoisotopic (exact) mass is 250 g/mol. The van der Waals surface area contributed by atoms with Gasteiger partial charge < -0.3 is 0 Å². The molecule has 1 atom stereocenters. The fraction of sp³-hybridized carbons (Fsp3) is 0.900. The van der Waals surface area contributed by atoms with Gasteiger partial charge in [-0.05, 0) is 11.8 Å². The van der Waals surface area contributed by atoms with Crippen molar-refractivity contribution in [1.29, 1.82) is 0 Å². The Morgan fingerprint density at radius 1 is 1.31 bits per heavy atom. The summed E-state index contributed by atoms with van der Waals surface area (Å²) in [5.41, 5.74) is -0.00135. The lowest BCUT2D eigenvalue weighted by Gasteiger charge is -2.23. The molecule has 16 heavy (non-hydrogen) atoms. The molecule has 1 unspecified atom stereocenters. The maximum atomic E-state index is 11.6. The van der Waals surface area contributed by atoms with Crippen LogP contribution in [0.5, 0.6) is 0 Å². The van der Waals surface area contributed by atoms with Gasteiger partial charge in [-0.3, -0.25) is 4.79 Å². The number of hydrogen-bond acceptors (Lipinski definition) is 3. The Bertz CT molecular complexity index is 342. The SMILES string of the molecule is CC(CC(C)(C)C)C(=O)NS(=O)(=O)N(C)C. The van der Waals surface area contributed by atoms with Crippen LogP contribution in [0.25, 0.3) is 0 Å². The third-order valence-corrected chi connectivity index (χ3v) is 3.50. The largest absolute Gasteiger partial charge is 0.303 e. The van der Waals surface area contributed by atoms with Crippen molar-refractivity contribution in [3.8, 4) is 0 Å². The van der Waals surface area contributed by atoms with E-state index in [1.54, 1.807) is 6.92 Å². The molecule has 6 heteroatoms. The van der Waals surface area contributed by atoms with Gasteiger partial charge in [-0.25, -0.2) is 4.72 Å². The molecular formula is C10H22N2O3S. The van der Waals surface area contributed by atoms with Crippen LogP contribution in [0, 0.1) is 11.3 Å². The summed E-state index contributed by atoms with van der Waals surface area (Å²) in [6.45, 7) is 7.76. The summed E-state index contributed by atoms with van der Waals surface area (Å²) in [5.74, 6) is -0.779. The van der Waals surface area contributed by atoms with E-state index in [1.165, 1.54) is 14.1 Å². The van der Waals surface area contributed by atoms with Gasteiger partial charge in [0.25, 0.3) is 0 Å². The standard InChI is InChI=1S/C10H22N2O3S/c1-8(7-10(2,3)4)9(13)11-16(14,15)12(5)6/h8H,7H2,1-6H3,(H,11,13). The van der Waals surface area contributed by atoms with Gasteiger partial charge in [0.1, 0.15) is 0 Å². The minimum atomic E-state index is -3.66. The summed E-state index contributed by atoms with van der Waals surface area (Å²) in [6.07, 6.45) is 0.641. The van der Waals surface area contributed by atoms with Crippen LogP contribution in [0.1, 0.15) is 34.1 Å². The second kappa shape index (κ2) is 5.14. The van der Waals surface area contributed by atoms with Gasteiger partial charge in [-0.1, -0.05) is 27.7 Å². The van der Waals surface area contributed by atoms with Gasteiger partial charge in [-0.2, -0.15) is 12.7 Å². The van der Waals surface area contributed by atoms with Crippen molar-refractivity contribution in [2.24, 2.45) is 11.3 Å². The quantitative estimate of drug-likeness (QED) is 0.809. The second-order valence-electron chi connectivity index (χ2n) is 5.42. The van der Waals surface area contributed by atoms with Crippen LogP contribution in [0.15, 0.2) is 0 Å². The summed E-state index contributed by atoms with van der Waals surface area (Å²) in [7, 11) is -0.906. The smallest absolute Gasteiger partial charge is 0.274 e. The fourth-order valence-electron chi connectivity index (χ4n) is 1.33. The second-order valence-corrected chi connectivity index (χ2v) is 7.30. The number of rotatable bonds is 4. The lowest BCUT2D eigenvalue weighted by Crippen LogP contribution is -2.42. The van der Waals surface area contributed by atoms with E-state index in [1.807, 2.05) is 25.5 Å². The Kier molecular flexibility index (Phi) is 4.94. The highest BCUT2D eigenvalue weighted by Gasteiger charge is 2.25. The van der Waals surface area contributed by atoms with Crippen molar-refractivity contribution >= 4 is 16.1 Å². The van der Waals surface area contributed by atoms with Crippen LogP contribution >= 0.6 is 0 Å². The number of carbonyl (C=O) groups excluding carboxylic acids is 1. The molecule has 5 nitrogen and oxygen atoms in total. The van der Waals surface area contributed by atoms with E-state index in [0.717, 1.165) is 4.31 Å². The van der Waals surface area contributed by atoms with E-state index in [2.05, 4.69) is 0 Å². The third-order valence-electron chi connectivity index (χ3n) is 2.08. The van der Waals surface area contributed by atoms with Crippen LogP contribution in [0.3, 0.4) is 0 Å². The Morgan fingerprint density at radius 2 is 1.75 bits per heavy atom. The highest BCUT2D eigenvalue weighted by molar-refractivity contribution is 7.87. The van der Waals surface area contributed by atoms with Crippen LogP contribution in [-0.2, 0) is 15.0 Å². The van der Waals surface area contributed by atoms with E-state index in [0.29, 0.717) is 6.42 Å². The molecule has 0 spiro atoms. The summed E-state index contributed by atoms with van der Waals surface area (Å²) >= 11 is 0. The highest BCUT2D eigenvalue weighted by Crippen LogP contribution is 2.24. The number of amides is 1. The maximum Gasteiger partial charge on any atom is 0.303 e. The van der Waals surface area contributed by atoms with Gasteiger partial charge in [0, 0.05) is 20.0 Å². The number of hydrogen-bond donors (Lipinski definition) is 1. The van der Waals surface area contributed by atoms with Crippen molar-refractivity contribution in [3.05, 3.63) is 0 Å². The highest BCUT2D eigenvalue weighted by atomic mass is 32.2. The lowest BCUT2D eigenvalue weighted by molar-refractivity contribution is -0.123. The molecule has 0 aliphatic rings. The first-order valence-electron chi connectivity index (χ1n) is 5.20. The molecule has 1 amide bonds. The Hall–Kier alpha value is -0.620. The third kappa shape index (κ3) is 5.46. The summed E-state index contributed by atoms with van der Waals surface area (Å²) < 4.78 is 25.8. The molecular weight excluding hydrogens is 228 g/mol. The first-order chi connectivity index (χ1) is 6.96. The van der Waals surface area contributed by atoms with E-state index in [4.69, 9.17) is 0 Å². The van der Waals surface area contributed by atoms with E-state index in [-0.39, 0.29) is 11.3 Å². The van der Waals surface area contributed by atoms with Crippen LogP contribution in [0.4, 0.5) is 0 Å². The lowest BCUT2D eigenvalue weighted by atomic mass is 9.85. The maximum absolute atomic E-state index is 11.6. The molecule has 0 rings (SSSR count). The van der Waals surface area contributed by atoms with Crippen molar-refractivity contribution in [1.82, 2.24) is 9.03 Å². The van der Waals surface area contributed by atoms with Crippen molar-refractivity contribution in [3.63, 3.8) is 0 Å². The van der Waals surface area contributed by atoms with Crippen molar-refractivity contribution in [2.75, 3.05) is 14.1 Å². The van der Waals surface area contributed by atoms with E-state index in [9.17, 15) is 13.2 Å². The van der Waals surface area contributed by atoms with Gasteiger partial charge in [0.05, 0.1) is 0 Å². The Morgan fingerprint density at radius 3 is 2.06 bits per heavy atom. The molecule has 0 aliphatic heterocycles. The topological polar surface area (TPSA) is 66.5 Å². The molecule has 0 aromatic carbocycles. The summed E-state index contributed by atoms with van der Waals surface area (Å²) in [6, 6.07) is 0. The minimum absolute atomic E-state index is 0.00135. The van der Waals surface area contributed by atoms with Crippen LogP contribution < -0.4 is 4.72 Å². The predicted octanol–water partition coefficient (Wildman–Crippen LogP) is 0.981. The van der Waals surface area contributed by atoms with Gasteiger partial charge >= 0.3 is 10.2 Å². The molecule has 0 aromatic rings. The molecule has 0 saturated heterocycles. The first kappa shape index (κ1) is 15.4. The number of carbonyl (C=O) groups is 1. The van der Waals surface area contributed by atoms with Gasteiger partial charge in [0.2, 0.25) is 5.91 Å². The molecule has 0 radical (unpaired) electrons. The molecule has 1 N–H and O–H groups in total. The first-order valence-corrected chi connectivity index (χ1v) is 6.64. The van der Waals surface area contributed by atoms with E-state index >= 15 is 0 Å². The fourth-order valence-corrected chi connectivity index (χ4v) is 1.97. The molecule has 96 valence electrons. The van der Waals surface area contributed by atoms with E-state index < -0.39 is 16.1 Å². The predicted molar refractivity (Wildman–Crippen MR) is 64.0 cm³/mol. The zero-order valence-electron chi connectivity index (χ0n) is 10.9. The summed E-state index contributed by atoms with van der Waals surface area (Å²) in [5, 5.41) is 0. The zero-order valence-corrected chi connectivity index (χ0v) is 11.7. The Labute approximate surface area is 98.4 Å². The number of nitrogens with zero attached hydrogens (tertiary/aromatic N) is 1. The zero-order chi connectivity index (χ0) is 13.1. The summed E-state index contributed by atoms with van der Waals surface area (Å²) in [4.78, 5) is 11.6. The molecule has 0 aliphatic carbocycles. The van der Waals surface area contributed by atoms with Crippen LogP contribution in [-0.4, -0.2) is 32.7 Å². The molecule has 0 fully saturated rings. The Balaban J connectivity index is 4.50. The molecule has 0 bridgehead atoms. The average Bonchev–Trinajstić information content (AvgIpc) is 1.99. The van der Waals surface area contributed by atoms with Crippen LogP contribution in [0.2, 0.25) is 0 Å². The molecule has 0 saturated carbocycles.